The summed E-state index contributed by atoms with van der Waals surface area (Å²) in [6, 6.07) is 13.3. The summed E-state index contributed by atoms with van der Waals surface area (Å²) in [5.41, 5.74) is 6.89. The molecule has 0 saturated heterocycles. The van der Waals surface area contributed by atoms with E-state index in [4.69, 9.17) is 21.3 Å². The lowest BCUT2D eigenvalue weighted by atomic mass is 9.91. The minimum absolute atomic E-state index is 0.602. The van der Waals surface area contributed by atoms with Crippen LogP contribution in [0.1, 0.15) is 43.7 Å². The van der Waals surface area contributed by atoms with Gasteiger partial charge in [0.2, 0.25) is 0 Å². The number of hydrogen-bond acceptors (Lipinski definition) is 6. The molecule has 7 nitrogen and oxygen atoms in total. The van der Waals surface area contributed by atoms with E-state index in [9.17, 15) is 9.90 Å². The minimum atomic E-state index is -1.16. The summed E-state index contributed by atoms with van der Waals surface area (Å²) < 4.78 is 8.82. The summed E-state index contributed by atoms with van der Waals surface area (Å²) in [7, 11) is 1.90. The lowest BCUT2D eigenvalue weighted by Crippen LogP contribution is -2.28. The van der Waals surface area contributed by atoms with Crippen molar-refractivity contribution >= 4 is 39.1 Å². The molecule has 1 N–H and O–H groups in total. The summed E-state index contributed by atoms with van der Waals surface area (Å²) >= 11 is 7.73. The number of thiazole rings is 1. The first-order valence-electron chi connectivity index (χ1n) is 12.5. The van der Waals surface area contributed by atoms with Crippen LogP contribution in [0.5, 0.6) is 0 Å². The summed E-state index contributed by atoms with van der Waals surface area (Å²) in [5.74, 6) is -1.04. The molecular formula is C30H29ClN4O3S. The molecule has 0 aliphatic carbocycles. The number of aliphatic carboxylic acids is 1. The molecule has 3 heterocycles. The Bertz CT molecular complexity index is 1700. The van der Waals surface area contributed by atoms with E-state index >= 15 is 0 Å². The van der Waals surface area contributed by atoms with Gasteiger partial charge in [-0.15, -0.1) is 11.3 Å². The highest BCUT2D eigenvalue weighted by atomic mass is 35.5. The number of hydrogen-bond donors (Lipinski definition) is 1. The van der Waals surface area contributed by atoms with Crippen LogP contribution in [-0.2, 0) is 16.6 Å². The molecule has 0 spiro atoms. The second-order valence-corrected chi connectivity index (χ2v) is 11.9. The van der Waals surface area contributed by atoms with Crippen LogP contribution in [0.2, 0.25) is 5.02 Å². The van der Waals surface area contributed by atoms with Gasteiger partial charge in [0.05, 0.1) is 27.7 Å². The molecule has 2 aromatic carbocycles. The molecule has 5 rings (SSSR count). The molecule has 0 amide bonds. The number of carbonyl (C=O) groups is 1. The standard InChI is InChI=1S/C30H29ClN4O3S/c1-16-13-23-27(39-28(34-23)19-11-12-32-22(14-19)21-15-33-35(6)17(21)2)25(18-7-9-20(31)10-8-18)24(16)26(29(36)37)38-30(3,4)5/h7-15,26H,1-6H3,(H,36,37). The third kappa shape index (κ3) is 5.32. The third-order valence-electron chi connectivity index (χ3n) is 6.54. The predicted octanol–water partition coefficient (Wildman–Crippen LogP) is 7.64. The van der Waals surface area contributed by atoms with Crippen molar-refractivity contribution < 1.29 is 14.6 Å². The van der Waals surface area contributed by atoms with Crippen LogP contribution in [0, 0.1) is 13.8 Å². The average Bonchev–Trinajstić information content (AvgIpc) is 3.45. The quantitative estimate of drug-likeness (QED) is 0.229. The largest absolute Gasteiger partial charge is 0.479 e. The SMILES string of the molecule is Cc1cc2nc(-c3ccnc(-c4cnn(C)c4C)c3)sc2c(-c2ccc(Cl)cc2)c1C(OC(C)(C)C)C(=O)O. The molecule has 0 fully saturated rings. The zero-order valence-corrected chi connectivity index (χ0v) is 24.2. The Morgan fingerprint density at radius 1 is 1.10 bits per heavy atom. The molecule has 0 aliphatic rings. The van der Waals surface area contributed by atoms with Gasteiger partial charge in [-0.05, 0) is 76.1 Å². The summed E-state index contributed by atoms with van der Waals surface area (Å²) in [6.07, 6.45) is 2.43. The summed E-state index contributed by atoms with van der Waals surface area (Å²) in [5, 5.41) is 16.0. The lowest BCUT2D eigenvalue weighted by molar-refractivity contribution is -0.160. The molecule has 1 atom stereocenters. The third-order valence-corrected chi connectivity index (χ3v) is 7.93. The Kier molecular flexibility index (Phi) is 7.05. The van der Waals surface area contributed by atoms with Crippen molar-refractivity contribution in [2.75, 3.05) is 0 Å². The first-order valence-corrected chi connectivity index (χ1v) is 13.7. The van der Waals surface area contributed by atoms with Gasteiger partial charge in [-0.3, -0.25) is 9.67 Å². The fraction of sp³-hybridized carbons (Fsp3) is 0.267. The average molecular weight is 561 g/mol. The zero-order chi connectivity index (χ0) is 28.1. The van der Waals surface area contributed by atoms with Gasteiger partial charge in [0.25, 0.3) is 0 Å². The monoisotopic (exact) mass is 560 g/mol. The van der Waals surface area contributed by atoms with Crippen LogP contribution in [0.3, 0.4) is 0 Å². The molecule has 3 aromatic heterocycles. The van der Waals surface area contributed by atoms with Gasteiger partial charge in [-0.25, -0.2) is 9.78 Å². The molecule has 9 heteroatoms. The number of nitrogens with zero attached hydrogens (tertiary/aromatic N) is 4. The van der Waals surface area contributed by atoms with Crippen molar-refractivity contribution in [3.63, 3.8) is 0 Å². The first kappa shape index (κ1) is 27.0. The molecule has 39 heavy (non-hydrogen) atoms. The first-order chi connectivity index (χ1) is 18.4. The van der Waals surface area contributed by atoms with Crippen molar-refractivity contribution in [2.24, 2.45) is 7.05 Å². The van der Waals surface area contributed by atoms with E-state index < -0.39 is 17.7 Å². The van der Waals surface area contributed by atoms with Gasteiger partial charge < -0.3 is 9.84 Å². The van der Waals surface area contributed by atoms with Gasteiger partial charge in [0.15, 0.2) is 6.10 Å². The molecular weight excluding hydrogens is 532 g/mol. The summed E-state index contributed by atoms with van der Waals surface area (Å²) in [6.45, 7) is 9.48. The molecule has 0 radical (unpaired) electrons. The number of aryl methyl sites for hydroxylation is 2. The number of benzene rings is 2. The normalized spacial score (nSPS) is 12.7. The molecule has 0 bridgehead atoms. The Morgan fingerprint density at radius 3 is 2.44 bits per heavy atom. The molecule has 1 unspecified atom stereocenters. The number of pyridine rings is 1. The number of ether oxygens (including phenoxy) is 1. The number of carboxylic acids is 1. The number of fused-ring (bicyclic) bond motifs is 1. The van der Waals surface area contributed by atoms with E-state index in [1.165, 1.54) is 11.3 Å². The maximum Gasteiger partial charge on any atom is 0.337 e. The number of halogens is 1. The van der Waals surface area contributed by atoms with Gasteiger partial charge in [0.1, 0.15) is 5.01 Å². The van der Waals surface area contributed by atoms with Gasteiger partial charge in [0, 0.05) is 46.2 Å². The fourth-order valence-corrected chi connectivity index (χ4v) is 5.87. The predicted molar refractivity (Wildman–Crippen MR) is 156 cm³/mol. The van der Waals surface area contributed by atoms with E-state index in [0.29, 0.717) is 10.6 Å². The Balaban J connectivity index is 1.74. The van der Waals surface area contributed by atoms with Crippen LogP contribution in [0.4, 0.5) is 0 Å². The van der Waals surface area contributed by atoms with E-state index in [2.05, 4.69) is 10.1 Å². The number of aromatic nitrogens is 4. The van der Waals surface area contributed by atoms with E-state index in [1.54, 1.807) is 6.20 Å². The molecule has 200 valence electrons. The molecule has 0 aliphatic heterocycles. The second-order valence-electron chi connectivity index (χ2n) is 10.5. The van der Waals surface area contributed by atoms with Gasteiger partial charge in [-0.2, -0.15) is 5.10 Å². The van der Waals surface area contributed by atoms with E-state index in [-0.39, 0.29) is 0 Å². The van der Waals surface area contributed by atoms with E-state index in [1.807, 2.05) is 95.0 Å². The van der Waals surface area contributed by atoms with Crippen molar-refractivity contribution in [3.8, 4) is 33.0 Å². The van der Waals surface area contributed by atoms with Crippen molar-refractivity contribution in [3.05, 3.63) is 76.7 Å². The number of rotatable bonds is 6. The fourth-order valence-electron chi connectivity index (χ4n) is 4.62. The Morgan fingerprint density at radius 2 is 1.82 bits per heavy atom. The van der Waals surface area contributed by atoms with Crippen LogP contribution >= 0.6 is 22.9 Å². The highest BCUT2D eigenvalue weighted by Crippen LogP contribution is 2.44. The van der Waals surface area contributed by atoms with Gasteiger partial charge in [-0.1, -0.05) is 23.7 Å². The highest BCUT2D eigenvalue weighted by Gasteiger charge is 2.32. The topological polar surface area (TPSA) is 90.1 Å². The summed E-state index contributed by atoms with van der Waals surface area (Å²) in [4.78, 5) is 22.1. The van der Waals surface area contributed by atoms with Crippen molar-refractivity contribution in [1.29, 1.82) is 0 Å². The Hall–Kier alpha value is -3.59. The molecule has 0 saturated carbocycles. The van der Waals surface area contributed by atoms with E-state index in [0.717, 1.165) is 54.4 Å². The lowest BCUT2D eigenvalue weighted by Gasteiger charge is -2.28. The minimum Gasteiger partial charge on any atom is -0.479 e. The van der Waals surface area contributed by atoms with Crippen molar-refractivity contribution in [1.82, 2.24) is 19.7 Å². The van der Waals surface area contributed by atoms with Crippen molar-refractivity contribution in [2.45, 2.75) is 46.3 Å². The second kappa shape index (κ2) is 10.2. The van der Waals surface area contributed by atoms with Gasteiger partial charge >= 0.3 is 5.97 Å². The maximum atomic E-state index is 12.6. The highest BCUT2D eigenvalue weighted by molar-refractivity contribution is 7.22. The smallest absolute Gasteiger partial charge is 0.337 e. The van der Waals surface area contributed by atoms with Crippen LogP contribution in [0.25, 0.3) is 43.2 Å². The Labute approximate surface area is 236 Å². The van der Waals surface area contributed by atoms with Crippen LogP contribution < -0.4 is 0 Å². The number of carboxylic acid groups (broad SMARTS) is 1. The molecule has 5 aromatic rings. The van der Waals surface area contributed by atoms with Crippen LogP contribution in [0.15, 0.2) is 54.9 Å². The zero-order valence-electron chi connectivity index (χ0n) is 22.6. The van der Waals surface area contributed by atoms with Crippen LogP contribution in [-0.4, -0.2) is 36.4 Å². The maximum absolute atomic E-state index is 12.6.